The van der Waals surface area contributed by atoms with Gasteiger partial charge in [-0.15, -0.1) is 11.8 Å². The van der Waals surface area contributed by atoms with Crippen molar-refractivity contribution in [2.45, 2.75) is 4.90 Å². The summed E-state index contributed by atoms with van der Waals surface area (Å²) in [5, 5.41) is 7.46. The maximum atomic E-state index is 14.6. The molecule has 0 aliphatic carbocycles. The molecule has 2 N–H and O–H groups in total. The van der Waals surface area contributed by atoms with E-state index in [2.05, 4.69) is 10.6 Å². The van der Waals surface area contributed by atoms with Gasteiger partial charge >= 0.3 is 0 Å². The summed E-state index contributed by atoms with van der Waals surface area (Å²) in [4.78, 5) is 40.4. The maximum absolute atomic E-state index is 14.6. The third-order valence-corrected chi connectivity index (χ3v) is 8.45. The van der Waals surface area contributed by atoms with Gasteiger partial charge in [-0.25, -0.2) is 4.39 Å². The third-order valence-electron chi connectivity index (χ3n) is 7.12. The van der Waals surface area contributed by atoms with Gasteiger partial charge in [-0.1, -0.05) is 72.3 Å². The molecule has 0 saturated carbocycles. The Morgan fingerprint density at radius 3 is 2.02 bits per heavy atom. The smallest absolute Gasteiger partial charge is 0.272 e. The van der Waals surface area contributed by atoms with Crippen LogP contribution in [-0.4, -0.2) is 28.0 Å². The number of aromatic nitrogens is 1. The Hall–Kier alpha value is -5.18. The van der Waals surface area contributed by atoms with Crippen molar-refractivity contribution < 1.29 is 18.8 Å². The van der Waals surface area contributed by atoms with Gasteiger partial charge in [-0.05, 0) is 66.7 Å². The average Bonchev–Trinajstić information content (AvgIpc) is 3.40. The summed E-state index contributed by atoms with van der Waals surface area (Å²) in [6.45, 7) is 0. The number of para-hydroxylation sites is 2. The van der Waals surface area contributed by atoms with E-state index < -0.39 is 17.6 Å². The van der Waals surface area contributed by atoms with E-state index in [1.807, 2.05) is 48.5 Å². The monoisotopic (exact) mass is 633 g/mol. The second kappa shape index (κ2) is 13.2. The van der Waals surface area contributed by atoms with Crippen molar-refractivity contribution in [2.75, 3.05) is 11.1 Å². The molecule has 1 heterocycles. The van der Waals surface area contributed by atoms with Crippen LogP contribution in [0.5, 0.6) is 0 Å². The largest absolute Gasteiger partial charge is 0.321 e. The molecule has 0 unspecified atom stereocenters. The minimum atomic E-state index is -0.666. The van der Waals surface area contributed by atoms with Crippen LogP contribution in [0.15, 0.2) is 132 Å². The first kappa shape index (κ1) is 29.9. The van der Waals surface area contributed by atoms with E-state index in [0.717, 1.165) is 26.7 Å². The average molecular weight is 634 g/mol. The lowest BCUT2D eigenvalue weighted by atomic mass is 10.1. The molecule has 0 bridgehead atoms. The fraction of sp³-hybridized carbons (Fsp3) is 0.0278. The molecule has 222 valence electrons. The van der Waals surface area contributed by atoms with Crippen LogP contribution >= 0.6 is 23.4 Å². The summed E-state index contributed by atoms with van der Waals surface area (Å²) in [6, 6.07) is 35.2. The Bertz CT molecular complexity index is 2020. The van der Waals surface area contributed by atoms with Gasteiger partial charge in [-0.3, -0.25) is 19.0 Å². The van der Waals surface area contributed by atoms with Crippen molar-refractivity contribution in [1.29, 1.82) is 0 Å². The summed E-state index contributed by atoms with van der Waals surface area (Å²) in [5.41, 5.74) is 2.28. The molecule has 0 spiro atoms. The number of hydrogen-bond acceptors (Lipinski definition) is 4. The highest BCUT2D eigenvalue weighted by atomic mass is 35.5. The van der Waals surface area contributed by atoms with Crippen LogP contribution in [0, 0.1) is 5.82 Å². The van der Waals surface area contributed by atoms with Crippen molar-refractivity contribution in [3.05, 3.63) is 149 Å². The first-order valence-electron chi connectivity index (χ1n) is 14.0. The highest BCUT2D eigenvalue weighted by Crippen LogP contribution is 2.30. The standard InChI is InChI=1S/C36H25ClFN3O3S/c37-29-13-8-14-30(38)28(29)21-31(40-35(43)23-9-2-1-3-10-23)36(44)39-24-17-19-25(20-18-24)45-22-34(42)41-32-15-6-4-11-26(32)27-12-5-7-16-33(27)41/h1-21H,22H2,(H,39,44)(H,40,43)/b31-21-. The lowest BCUT2D eigenvalue weighted by molar-refractivity contribution is -0.113. The predicted octanol–water partition coefficient (Wildman–Crippen LogP) is 8.43. The number of benzene rings is 5. The molecule has 6 rings (SSSR count). The molecule has 9 heteroatoms. The molecule has 6 nitrogen and oxygen atoms in total. The second-order valence-corrected chi connectivity index (χ2v) is 11.5. The Kier molecular flexibility index (Phi) is 8.77. The zero-order valence-electron chi connectivity index (χ0n) is 23.7. The van der Waals surface area contributed by atoms with Gasteiger partial charge in [0.05, 0.1) is 21.8 Å². The van der Waals surface area contributed by atoms with Crippen LogP contribution in [0.2, 0.25) is 5.02 Å². The number of halogens is 2. The van der Waals surface area contributed by atoms with E-state index in [1.165, 1.54) is 36.0 Å². The number of nitrogens with one attached hydrogen (secondary N) is 2. The van der Waals surface area contributed by atoms with Crippen LogP contribution < -0.4 is 10.6 Å². The van der Waals surface area contributed by atoms with Gasteiger partial charge in [-0.2, -0.15) is 0 Å². The second-order valence-electron chi connectivity index (χ2n) is 10.0. The molecule has 0 aliphatic heterocycles. The fourth-order valence-corrected chi connectivity index (χ4v) is 5.93. The summed E-state index contributed by atoms with van der Waals surface area (Å²) in [6.07, 6.45) is 1.21. The normalized spacial score (nSPS) is 11.5. The molecule has 0 aliphatic rings. The van der Waals surface area contributed by atoms with E-state index in [0.29, 0.717) is 11.3 Å². The quantitative estimate of drug-likeness (QED) is 0.130. The van der Waals surface area contributed by atoms with E-state index >= 15 is 0 Å². The fourth-order valence-electron chi connectivity index (χ4n) is 4.97. The Morgan fingerprint density at radius 2 is 1.38 bits per heavy atom. The Labute approximate surface area is 267 Å². The molecule has 1 aromatic heterocycles. The number of hydrogen-bond donors (Lipinski definition) is 2. The zero-order chi connectivity index (χ0) is 31.3. The van der Waals surface area contributed by atoms with E-state index in [1.54, 1.807) is 59.2 Å². The van der Waals surface area contributed by atoms with Crippen molar-refractivity contribution in [3.63, 3.8) is 0 Å². The lowest BCUT2D eigenvalue weighted by Crippen LogP contribution is -2.30. The van der Waals surface area contributed by atoms with Crippen LogP contribution in [0.25, 0.3) is 27.9 Å². The van der Waals surface area contributed by atoms with E-state index in [4.69, 9.17) is 11.6 Å². The number of carbonyl (C=O) groups excluding carboxylic acids is 3. The predicted molar refractivity (Wildman–Crippen MR) is 179 cm³/mol. The molecule has 2 amide bonds. The molecular weight excluding hydrogens is 609 g/mol. The SMILES string of the molecule is O=C(Nc1ccc(SCC(=O)n2c3ccccc3c3ccccc32)cc1)/C(=C/c1c(F)cccc1Cl)NC(=O)c1ccccc1. The van der Waals surface area contributed by atoms with Gasteiger partial charge in [0.1, 0.15) is 11.5 Å². The first-order valence-corrected chi connectivity index (χ1v) is 15.3. The molecular formula is C36H25ClFN3O3S. The zero-order valence-corrected chi connectivity index (χ0v) is 25.2. The van der Waals surface area contributed by atoms with E-state index in [-0.39, 0.29) is 27.9 Å². The van der Waals surface area contributed by atoms with Crippen LogP contribution in [0.4, 0.5) is 10.1 Å². The molecule has 5 aromatic carbocycles. The van der Waals surface area contributed by atoms with Crippen molar-refractivity contribution in [2.24, 2.45) is 0 Å². The summed E-state index contributed by atoms with van der Waals surface area (Å²) in [5.74, 6) is -1.69. The third kappa shape index (κ3) is 6.52. The van der Waals surface area contributed by atoms with Crippen LogP contribution in [0.1, 0.15) is 20.7 Å². The van der Waals surface area contributed by atoms with Crippen molar-refractivity contribution >= 4 is 74.7 Å². The molecule has 45 heavy (non-hydrogen) atoms. The lowest BCUT2D eigenvalue weighted by Gasteiger charge is -2.12. The highest BCUT2D eigenvalue weighted by molar-refractivity contribution is 8.00. The molecule has 0 atom stereocenters. The topological polar surface area (TPSA) is 80.2 Å². The number of thioether (sulfide) groups is 1. The van der Waals surface area contributed by atoms with Gasteiger partial charge in [0.2, 0.25) is 5.91 Å². The minimum absolute atomic E-state index is 0.0302. The van der Waals surface area contributed by atoms with E-state index in [9.17, 15) is 18.8 Å². The van der Waals surface area contributed by atoms with Crippen LogP contribution in [0.3, 0.4) is 0 Å². The van der Waals surface area contributed by atoms with Crippen LogP contribution in [-0.2, 0) is 4.79 Å². The van der Waals surface area contributed by atoms with Gasteiger partial charge < -0.3 is 10.6 Å². The van der Waals surface area contributed by atoms with Crippen molar-refractivity contribution in [1.82, 2.24) is 9.88 Å². The minimum Gasteiger partial charge on any atom is -0.321 e. The summed E-state index contributed by atoms with van der Waals surface area (Å²) in [7, 11) is 0. The summed E-state index contributed by atoms with van der Waals surface area (Å²) >= 11 is 7.58. The first-order chi connectivity index (χ1) is 21.9. The van der Waals surface area contributed by atoms with Gasteiger partial charge in [0.25, 0.3) is 11.8 Å². The highest BCUT2D eigenvalue weighted by Gasteiger charge is 2.18. The Morgan fingerprint density at radius 1 is 0.756 bits per heavy atom. The van der Waals surface area contributed by atoms with Crippen molar-refractivity contribution in [3.8, 4) is 0 Å². The van der Waals surface area contributed by atoms with Gasteiger partial charge in [0, 0.05) is 32.5 Å². The van der Waals surface area contributed by atoms with Gasteiger partial charge in [0.15, 0.2) is 0 Å². The molecule has 0 fully saturated rings. The number of nitrogens with zero attached hydrogens (tertiary/aromatic N) is 1. The number of fused-ring (bicyclic) bond motifs is 3. The molecule has 0 saturated heterocycles. The Balaban J connectivity index is 1.17. The number of rotatable bonds is 8. The number of carbonyl (C=O) groups is 3. The summed E-state index contributed by atoms with van der Waals surface area (Å²) < 4.78 is 16.3. The number of amides is 2. The number of anilines is 1. The molecule has 0 radical (unpaired) electrons. The maximum Gasteiger partial charge on any atom is 0.272 e. The molecule has 6 aromatic rings.